The summed E-state index contributed by atoms with van der Waals surface area (Å²) < 4.78 is 26.9. The van der Waals surface area contributed by atoms with Crippen molar-refractivity contribution >= 4 is 45.6 Å². The second-order valence-corrected chi connectivity index (χ2v) is 8.19. The average molecular weight is 387 g/mol. The summed E-state index contributed by atoms with van der Waals surface area (Å²) in [5, 5.41) is 0. The van der Waals surface area contributed by atoms with E-state index in [9.17, 15) is 13.2 Å². The van der Waals surface area contributed by atoms with Gasteiger partial charge in [0.2, 0.25) is 0 Å². The van der Waals surface area contributed by atoms with Gasteiger partial charge < -0.3 is 9.92 Å². The van der Waals surface area contributed by atoms with Crippen molar-refractivity contribution in [3.63, 3.8) is 0 Å². The summed E-state index contributed by atoms with van der Waals surface area (Å²) in [5.74, 6) is -0.969. The van der Waals surface area contributed by atoms with E-state index in [1.165, 1.54) is 64.2 Å². The van der Waals surface area contributed by atoms with Crippen molar-refractivity contribution in [3.8, 4) is 0 Å². The SMILES string of the molecule is CCCCCCCCCCCCCCCC(=O)OS(=O)(=O)CCN.[Na]. The van der Waals surface area contributed by atoms with Gasteiger partial charge in [0.05, 0.1) is 5.75 Å². The van der Waals surface area contributed by atoms with Crippen LogP contribution in [0, 0.1) is 0 Å². The minimum atomic E-state index is -3.77. The molecule has 145 valence electrons. The maximum Gasteiger partial charge on any atom is 0.322 e. The van der Waals surface area contributed by atoms with E-state index in [1.807, 2.05) is 0 Å². The predicted octanol–water partition coefficient (Wildman–Crippen LogP) is 3.92. The Labute approximate surface area is 177 Å². The van der Waals surface area contributed by atoms with Gasteiger partial charge in [0.25, 0.3) is 0 Å². The van der Waals surface area contributed by atoms with Crippen molar-refractivity contribution in [2.75, 3.05) is 12.3 Å². The summed E-state index contributed by atoms with van der Waals surface area (Å²) in [6, 6.07) is 0. The zero-order valence-electron chi connectivity index (χ0n) is 16.4. The van der Waals surface area contributed by atoms with Gasteiger partial charge in [0.1, 0.15) is 0 Å². The number of nitrogens with two attached hydrogens (primary N) is 1. The van der Waals surface area contributed by atoms with Crippen molar-refractivity contribution in [2.45, 2.75) is 96.8 Å². The molecule has 2 N–H and O–H groups in total. The molecule has 0 unspecified atom stereocenters. The quantitative estimate of drug-likeness (QED) is 0.233. The van der Waals surface area contributed by atoms with E-state index in [0.29, 0.717) is 6.42 Å². The first-order chi connectivity index (χ1) is 11.5. The number of carbonyl (C=O) groups is 1. The molecule has 5 nitrogen and oxygen atoms in total. The minimum Gasteiger partial charge on any atom is -0.346 e. The number of rotatable bonds is 17. The number of hydrogen-bond donors (Lipinski definition) is 1. The van der Waals surface area contributed by atoms with Crippen LogP contribution in [0.1, 0.15) is 96.8 Å². The maximum atomic E-state index is 11.4. The molecule has 0 aliphatic heterocycles. The van der Waals surface area contributed by atoms with E-state index in [1.54, 1.807) is 0 Å². The molecule has 0 aliphatic rings. The van der Waals surface area contributed by atoms with Gasteiger partial charge >= 0.3 is 16.1 Å². The fourth-order valence-corrected chi connectivity index (χ4v) is 3.39. The van der Waals surface area contributed by atoms with Gasteiger partial charge in [-0.2, -0.15) is 8.42 Å². The summed E-state index contributed by atoms with van der Waals surface area (Å²) >= 11 is 0. The first kappa shape index (κ1) is 27.6. The van der Waals surface area contributed by atoms with Gasteiger partial charge in [0, 0.05) is 42.5 Å². The van der Waals surface area contributed by atoms with E-state index >= 15 is 0 Å². The Bertz CT molecular complexity index is 402. The third-order valence-electron chi connectivity index (χ3n) is 4.07. The van der Waals surface area contributed by atoms with Crippen LogP contribution in [-0.4, -0.2) is 56.2 Å². The molecule has 0 fully saturated rings. The summed E-state index contributed by atoms with van der Waals surface area (Å²) in [7, 11) is -3.77. The van der Waals surface area contributed by atoms with Crippen LogP contribution in [0.25, 0.3) is 0 Å². The fourth-order valence-electron chi connectivity index (χ4n) is 2.66. The molecule has 0 rings (SSSR count). The van der Waals surface area contributed by atoms with Crippen molar-refractivity contribution in [1.29, 1.82) is 0 Å². The summed E-state index contributed by atoms with van der Waals surface area (Å²) in [4.78, 5) is 11.4. The van der Waals surface area contributed by atoms with Gasteiger partial charge in [-0.1, -0.05) is 84.0 Å². The predicted molar refractivity (Wildman–Crippen MR) is 105 cm³/mol. The molecule has 0 amide bonds. The van der Waals surface area contributed by atoms with Crippen LogP contribution in [-0.2, 0) is 19.1 Å². The molecule has 7 heteroatoms. The van der Waals surface area contributed by atoms with Gasteiger partial charge in [-0.25, -0.2) is 0 Å². The van der Waals surface area contributed by atoms with Crippen LogP contribution < -0.4 is 5.73 Å². The third-order valence-corrected chi connectivity index (χ3v) is 5.25. The van der Waals surface area contributed by atoms with Crippen LogP contribution in [0.4, 0.5) is 0 Å². The Morgan fingerprint density at radius 2 is 1.20 bits per heavy atom. The molecular formula is C18H37NNaO4S. The smallest absolute Gasteiger partial charge is 0.322 e. The van der Waals surface area contributed by atoms with Crippen LogP contribution >= 0.6 is 0 Å². The monoisotopic (exact) mass is 386 g/mol. The van der Waals surface area contributed by atoms with Crippen molar-refractivity contribution in [2.24, 2.45) is 5.73 Å². The summed E-state index contributed by atoms with van der Waals surface area (Å²) in [6.07, 6.45) is 16.1. The second kappa shape index (κ2) is 19.2. The van der Waals surface area contributed by atoms with Crippen LogP contribution in [0.5, 0.6) is 0 Å². The Balaban J connectivity index is 0. The van der Waals surface area contributed by atoms with Gasteiger partial charge in [-0.3, -0.25) is 4.79 Å². The molecule has 0 saturated carbocycles. The largest absolute Gasteiger partial charge is 0.346 e. The van der Waals surface area contributed by atoms with Crippen molar-refractivity contribution in [3.05, 3.63) is 0 Å². The molecule has 0 spiro atoms. The van der Waals surface area contributed by atoms with E-state index in [4.69, 9.17) is 5.73 Å². The fraction of sp³-hybridized carbons (Fsp3) is 0.944. The Morgan fingerprint density at radius 3 is 1.60 bits per heavy atom. The molecular weight excluding hydrogens is 349 g/mol. The number of carbonyl (C=O) groups excluding carboxylic acids is 1. The number of hydrogen-bond acceptors (Lipinski definition) is 5. The number of unbranched alkanes of at least 4 members (excludes halogenated alkanes) is 12. The summed E-state index contributed by atoms with van der Waals surface area (Å²) in [6.45, 7) is 2.21. The van der Waals surface area contributed by atoms with Crippen molar-refractivity contribution in [1.82, 2.24) is 0 Å². The molecule has 0 aromatic rings. The first-order valence-corrected chi connectivity index (χ1v) is 11.2. The van der Waals surface area contributed by atoms with Gasteiger partial charge in [-0.05, 0) is 6.42 Å². The average Bonchev–Trinajstić information content (AvgIpc) is 2.51. The molecule has 0 atom stereocenters. The van der Waals surface area contributed by atoms with Crippen LogP contribution in [0.15, 0.2) is 0 Å². The molecule has 1 radical (unpaired) electrons. The molecule has 0 heterocycles. The molecule has 0 saturated heterocycles. The molecule has 0 aromatic heterocycles. The van der Waals surface area contributed by atoms with Crippen LogP contribution in [0.3, 0.4) is 0 Å². The molecule has 25 heavy (non-hydrogen) atoms. The topological polar surface area (TPSA) is 86.5 Å². The normalized spacial score (nSPS) is 11.1. The van der Waals surface area contributed by atoms with Gasteiger partial charge in [-0.15, -0.1) is 0 Å². The van der Waals surface area contributed by atoms with Crippen LogP contribution in [0.2, 0.25) is 0 Å². The van der Waals surface area contributed by atoms with E-state index in [-0.39, 0.29) is 48.3 Å². The minimum absolute atomic E-state index is 0. The maximum absolute atomic E-state index is 11.4. The Morgan fingerprint density at radius 1 is 0.800 bits per heavy atom. The zero-order chi connectivity index (χ0) is 18.1. The zero-order valence-corrected chi connectivity index (χ0v) is 19.2. The summed E-state index contributed by atoms with van der Waals surface area (Å²) in [5.41, 5.74) is 5.15. The van der Waals surface area contributed by atoms with E-state index < -0.39 is 16.1 Å². The standard InChI is InChI=1S/C18H37NO4S.Na/c1-2-3-4-5-6-7-8-9-10-11-12-13-14-15-18(20)23-24(21,22)17-16-19;/h2-17,19H2,1H3;. The first-order valence-electron chi connectivity index (χ1n) is 9.67. The Hall–Kier alpha value is 0.380. The van der Waals surface area contributed by atoms with E-state index in [2.05, 4.69) is 11.1 Å². The van der Waals surface area contributed by atoms with E-state index in [0.717, 1.165) is 12.8 Å². The second-order valence-electron chi connectivity index (χ2n) is 6.50. The molecule has 0 aromatic carbocycles. The van der Waals surface area contributed by atoms with Gasteiger partial charge in [0.15, 0.2) is 0 Å². The third kappa shape index (κ3) is 20.5. The van der Waals surface area contributed by atoms with Crippen molar-refractivity contribution < 1.29 is 17.4 Å². The Kier molecular flexibility index (Phi) is 21.1. The molecule has 0 aliphatic carbocycles. The molecule has 0 bridgehead atoms.